The Balaban J connectivity index is 2.21. The fraction of sp³-hybridized carbons (Fsp3) is 0.300. The molecule has 0 saturated heterocycles. The first kappa shape index (κ1) is 13.5. The molecule has 0 spiro atoms. The largest absolute Gasteiger partial charge is 0.315 e. The van der Waals surface area contributed by atoms with Gasteiger partial charge in [0.2, 0.25) is 0 Å². The molecule has 2 aromatic heterocycles. The van der Waals surface area contributed by atoms with Crippen molar-refractivity contribution in [3.63, 3.8) is 0 Å². The molecular weight excluding hydrogens is 292 g/mol. The van der Waals surface area contributed by atoms with Gasteiger partial charge in [0, 0.05) is 12.2 Å². The van der Waals surface area contributed by atoms with Gasteiger partial charge in [-0.2, -0.15) is 11.3 Å². The lowest BCUT2D eigenvalue weighted by molar-refractivity contribution is 0.582. The molecule has 0 atom stereocenters. The van der Waals surface area contributed by atoms with Crippen LogP contribution in [0.1, 0.15) is 16.8 Å². The first-order valence-corrected chi connectivity index (χ1v) is 8.35. The highest BCUT2D eigenvalue weighted by atomic mass is 32.2. The SMILES string of the molecule is Cc1cscc1CNS(=O)(=O)c1sc(=O)[nH]c1C. The van der Waals surface area contributed by atoms with Gasteiger partial charge in [-0.3, -0.25) is 4.79 Å². The van der Waals surface area contributed by atoms with Gasteiger partial charge in [0.25, 0.3) is 10.0 Å². The molecule has 0 aliphatic heterocycles. The number of hydrogen-bond donors (Lipinski definition) is 2. The van der Waals surface area contributed by atoms with Crippen molar-refractivity contribution in [2.24, 2.45) is 0 Å². The Hall–Kier alpha value is -0.960. The van der Waals surface area contributed by atoms with Gasteiger partial charge in [0.15, 0.2) is 4.21 Å². The molecule has 0 fully saturated rings. The molecule has 0 amide bonds. The number of thiazole rings is 1. The summed E-state index contributed by atoms with van der Waals surface area (Å²) in [7, 11) is -3.62. The molecule has 2 N–H and O–H groups in total. The highest BCUT2D eigenvalue weighted by Gasteiger charge is 2.20. The zero-order chi connectivity index (χ0) is 13.3. The van der Waals surface area contributed by atoms with Gasteiger partial charge in [-0.15, -0.1) is 0 Å². The van der Waals surface area contributed by atoms with Crippen LogP contribution >= 0.6 is 22.7 Å². The van der Waals surface area contributed by atoms with Crippen LogP contribution in [0, 0.1) is 13.8 Å². The van der Waals surface area contributed by atoms with Crippen LogP contribution in [0.25, 0.3) is 0 Å². The minimum atomic E-state index is -3.62. The lowest BCUT2D eigenvalue weighted by Crippen LogP contribution is -2.23. The van der Waals surface area contributed by atoms with Gasteiger partial charge in [-0.1, -0.05) is 11.3 Å². The third kappa shape index (κ3) is 2.72. The summed E-state index contributed by atoms with van der Waals surface area (Å²) in [5, 5.41) is 3.87. The van der Waals surface area contributed by atoms with E-state index in [0.29, 0.717) is 17.0 Å². The average Bonchev–Trinajstić information content (AvgIpc) is 2.82. The zero-order valence-electron chi connectivity index (χ0n) is 9.81. The van der Waals surface area contributed by atoms with E-state index >= 15 is 0 Å². The van der Waals surface area contributed by atoms with E-state index in [1.165, 1.54) is 11.3 Å². The van der Waals surface area contributed by atoms with Crippen molar-refractivity contribution in [1.82, 2.24) is 9.71 Å². The maximum atomic E-state index is 12.0. The number of H-pyrrole nitrogens is 1. The van der Waals surface area contributed by atoms with Crippen LogP contribution in [0.5, 0.6) is 0 Å². The maximum absolute atomic E-state index is 12.0. The smallest absolute Gasteiger partial charge is 0.305 e. The van der Waals surface area contributed by atoms with Gasteiger partial charge in [-0.25, -0.2) is 13.1 Å². The van der Waals surface area contributed by atoms with Crippen LogP contribution in [0.3, 0.4) is 0 Å². The molecule has 2 rings (SSSR count). The van der Waals surface area contributed by atoms with Crippen LogP contribution in [0.2, 0.25) is 0 Å². The van der Waals surface area contributed by atoms with Crippen molar-refractivity contribution in [2.75, 3.05) is 0 Å². The van der Waals surface area contributed by atoms with Crippen molar-refractivity contribution in [3.05, 3.63) is 37.2 Å². The quantitative estimate of drug-likeness (QED) is 0.900. The van der Waals surface area contributed by atoms with Gasteiger partial charge in [0.1, 0.15) is 0 Å². The molecular formula is C10H12N2O3S3. The first-order valence-electron chi connectivity index (χ1n) is 5.11. The van der Waals surface area contributed by atoms with E-state index in [1.54, 1.807) is 6.92 Å². The molecule has 0 aromatic carbocycles. The third-order valence-electron chi connectivity index (χ3n) is 2.44. The molecule has 0 aliphatic carbocycles. The fourth-order valence-corrected chi connectivity index (χ4v) is 4.66. The number of nitrogens with one attached hydrogen (secondary N) is 2. The standard InChI is InChI=1S/C10H12N2O3S3/c1-6-4-16-5-8(6)3-11-18(14,15)9-7(2)12-10(13)17-9/h4-5,11H,3H2,1-2H3,(H,12,13). The topological polar surface area (TPSA) is 79.0 Å². The molecule has 0 unspecified atom stereocenters. The van der Waals surface area contributed by atoms with Gasteiger partial charge in [-0.05, 0) is 35.7 Å². The number of hydrogen-bond acceptors (Lipinski definition) is 5. The second-order valence-electron chi connectivity index (χ2n) is 3.83. The maximum Gasteiger partial charge on any atom is 0.305 e. The molecule has 5 nitrogen and oxygen atoms in total. The normalized spacial score (nSPS) is 11.9. The Bertz CT molecular complexity index is 709. The predicted octanol–water partition coefficient (Wildman–Crippen LogP) is 1.59. The van der Waals surface area contributed by atoms with Gasteiger partial charge in [0.05, 0.1) is 0 Å². The van der Waals surface area contributed by atoms with Gasteiger partial charge >= 0.3 is 4.87 Å². The zero-order valence-corrected chi connectivity index (χ0v) is 12.3. The Labute approximate surface area is 113 Å². The average molecular weight is 304 g/mol. The Kier molecular flexibility index (Phi) is 3.71. The fourth-order valence-electron chi connectivity index (χ4n) is 1.45. The summed E-state index contributed by atoms with van der Waals surface area (Å²) in [5.41, 5.74) is 2.38. The van der Waals surface area contributed by atoms with Crippen molar-refractivity contribution in [1.29, 1.82) is 0 Å². The number of sulfonamides is 1. The predicted molar refractivity (Wildman–Crippen MR) is 72.8 cm³/mol. The van der Waals surface area contributed by atoms with Crippen LogP contribution in [0.4, 0.5) is 0 Å². The Morgan fingerprint density at radius 1 is 1.33 bits per heavy atom. The number of thiophene rings is 1. The molecule has 2 heterocycles. The number of aromatic amines is 1. The van der Waals surface area contributed by atoms with Crippen LogP contribution in [-0.4, -0.2) is 13.4 Å². The Morgan fingerprint density at radius 2 is 2.06 bits per heavy atom. The van der Waals surface area contributed by atoms with Crippen LogP contribution in [0.15, 0.2) is 19.8 Å². The van der Waals surface area contributed by atoms with E-state index in [9.17, 15) is 13.2 Å². The minimum Gasteiger partial charge on any atom is -0.315 e. The number of aryl methyl sites for hydroxylation is 2. The summed E-state index contributed by atoms with van der Waals surface area (Å²) >= 11 is 2.24. The number of aromatic nitrogens is 1. The number of rotatable bonds is 4. The second kappa shape index (κ2) is 4.96. The monoisotopic (exact) mass is 304 g/mol. The minimum absolute atomic E-state index is 0.0559. The molecule has 0 aliphatic rings. The molecule has 0 radical (unpaired) electrons. The van der Waals surface area contributed by atoms with Crippen molar-refractivity contribution in [3.8, 4) is 0 Å². The summed E-state index contributed by atoms with van der Waals surface area (Å²) in [5.74, 6) is 0. The molecule has 18 heavy (non-hydrogen) atoms. The van der Waals surface area contributed by atoms with Crippen LogP contribution in [-0.2, 0) is 16.6 Å². The highest BCUT2D eigenvalue weighted by molar-refractivity contribution is 7.91. The van der Waals surface area contributed by atoms with E-state index < -0.39 is 10.0 Å². The summed E-state index contributed by atoms with van der Waals surface area (Å²) < 4.78 is 26.6. The van der Waals surface area contributed by atoms with E-state index in [2.05, 4.69) is 9.71 Å². The van der Waals surface area contributed by atoms with E-state index in [0.717, 1.165) is 11.1 Å². The molecule has 98 valence electrons. The molecule has 0 saturated carbocycles. The van der Waals surface area contributed by atoms with Crippen molar-refractivity contribution in [2.45, 2.75) is 24.6 Å². The van der Waals surface area contributed by atoms with Gasteiger partial charge < -0.3 is 4.98 Å². The van der Waals surface area contributed by atoms with Crippen molar-refractivity contribution >= 4 is 32.7 Å². The lowest BCUT2D eigenvalue weighted by atomic mass is 10.2. The summed E-state index contributed by atoms with van der Waals surface area (Å²) in [6.45, 7) is 3.74. The van der Waals surface area contributed by atoms with E-state index in [-0.39, 0.29) is 15.6 Å². The Morgan fingerprint density at radius 3 is 2.56 bits per heavy atom. The summed E-state index contributed by atoms with van der Waals surface area (Å²) in [4.78, 5) is 13.2. The second-order valence-corrected chi connectivity index (χ2v) is 7.52. The van der Waals surface area contributed by atoms with E-state index in [1.807, 2.05) is 17.7 Å². The van der Waals surface area contributed by atoms with Crippen LogP contribution < -0.4 is 9.60 Å². The summed E-state index contributed by atoms with van der Waals surface area (Å²) in [6.07, 6.45) is 0. The van der Waals surface area contributed by atoms with Crippen molar-refractivity contribution < 1.29 is 8.42 Å². The highest BCUT2D eigenvalue weighted by Crippen LogP contribution is 2.18. The first-order chi connectivity index (χ1) is 8.40. The summed E-state index contributed by atoms with van der Waals surface area (Å²) in [6, 6.07) is 0. The molecule has 0 bridgehead atoms. The van der Waals surface area contributed by atoms with E-state index in [4.69, 9.17) is 0 Å². The third-order valence-corrected chi connectivity index (χ3v) is 6.36. The molecule has 2 aromatic rings. The lowest BCUT2D eigenvalue weighted by Gasteiger charge is -2.05. The molecule has 8 heteroatoms.